The molecule has 0 aromatic heterocycles. The van der Waals surface area contributed by atoms with Gasteiger partial charge in [0.1, 0.15) is 16.5 Å². The van der Waals surface area contributed by atoms with Crippen LogP contribution >= 0.6 is 39.1 Å². The summed E-state index contributed by atoms with van der Waals surface area (Å²) in [6.07, 6.45) is 0. The second-order valence-corrected chi connectivity index (χ2v) is 4.70. The summed E-state index contributed by atoms with van der Waals surface area (Å²) in [5.41, 5.74) is 0. The summed E-state index contributed by atoms with van der Waals surface area (Å²) in [6.45, 7) is 0. The molecule has 2 aromatic carbocycles. The molecule has 0 aliphatic rings. The molecule has 0 bridgehead atoms. The van der Waals surface area contributed by atoms with Gasteiger partial charge in [0.05, 0.1) is 5.02 Å². The van der Waals surface area contributed by atoms with Crippen LogP contribution in [0.3, 0.4) is 0 Å². The van der Waals surface area contributed by atoms with Gasteiger partial charge in [0.15, 0.2) is 0 Å². The van der Waals surface area contributed by atoms with Gasteiger partial charge in [-0.05, 0) is 40.2 Å². The van der Waals surface area contributed by atoms with E-state index in [1.165, 1.54) is 0 Å². The molecule has 0 unspecified atom stereocenters. The average molecular weight is 318 g/mol. The van der Waals surface area contributed by atoms with E-state index in [0.717, 1.165) is 10.2 Å². The molecule has 16 heavy (non-hydrogen) atoms. The van der Waals surface area contributed by atoms with Crippen LogP contribution < -0.4 is 4.74 Å². The molecule has 0 aliphatic heterocycles. The lowest BCUT2D eigenvalue weighted by molar-refractivity contribution is 0.483. The van der Waals surface area contributed by atoms with Crippen LogP contribution in [0.15, 0.2) is 46.9 Å². The monoisotopic (exact) mass is 316 g/mol. The number of benzene rings is 2. The maximum absolute atomic E-state index is 6.06. The van der Waals surface area contributed by atoms with E-state index >= 15 is 0 Å². The number of halogens is 3. The van der Waals surface area contributed by atoms with Gasteiger partial charge in [-0.25, -0.2) is 0 Å². The highest BCUT2D eigenvalue weighted by atomic mass is 79.9. The van der Waals surface area contributed by atoms with Gasteiger partial charge in [0, 0.05) is 4.47 Å². The second kappa shape index (κ2) is 5.09. The van der Waals surface area contributed by atoms with Crippen LogP contribution in [0, 0.1) is 0 Å². The van der Waals surface area contributed by atoms with Crippen LogP contribution in [-0.2, 0) is 0 Å². The zero-order chi connectivity index (χ0) is 11.5. The highest BCUT2D eigenvalue weighted by Crippen LogP contribution is 2.38. The van der Waals surface area contributed by atoms with Gasteiger partial charge in [0.25, 0.3) is 0 Å². The number of rotatable bonds is 2. The summed E-state index contributed by atoms with van der Waals surface area (Å²) in [7, 11) is 0. The minimum Gasteiger partial charge on any atom is -0.456 e. The number of hydrogen-bond donors (Lipinski definition) is 0. The fourth-order valence-electron chi connectivity index (χ4n) is 1.20. The molecule has 2 aromatic rings. The molecule has 4 heteroatoms. The van der Waals surface area contributed by atoms with E-state index < -0.39 is 0 Å². The quantitative estimate of drug-likeness (QED) is 0.660. The van der Waals surface area contributed by atoms with Crippen LogP contribution in [0.1, 0.15) is 0 Å². The maximum Gasteiger partial charge on any atom is 0.147 e. The fraction of sp³-hybridized carbons (Fsp3) is 0. The Labute approximate surface area is 112 Å². The SMILES string of the molecule is Clc1c(Br)ccc(Oc2ccccc2)c1Cl. The largest absolute Gasteiger partial charge is 0.456 e. The van der Waals surface area contributed by atoms with E-state index in [9.17, 15) is 0 Å². The van der Waals surface area contributed by atoms with Crippen molar-refractivity contribution >= 4 is 39.1 Å². The Balaban J connectivity index is 2.33. The van der Waals surface area contributed by atoms with Gasteiger partial charge in [-0.15, -0.1) is 0 Å². The average Bonchev–Trinajstić information content (AvgIpc) is 2.31. The van der Waals surface area contributed by atoms with Crippen molar-refractivity contribution in [3.63, 3.8) is 0 Å². The lowest BCUT2D eigenvalue weighted by Crippen LogP contribution is -1.85. The van der Waals surface area contributed by atoms with Gasteiger partial charge in [-0.2, -0.15) is 0 Å². The molecule has 0 atom stereocenters. The Morgan fingerprint density at radius 1 is 0.875 bits per heavy atom. The minimum absolute atomic E-state index is 0.403. The molecule has 2 rings (SSSR count). The summed E-state index contributed by atoms with van der Waals surface area (Å²) < 4.78 is 6.36. The first-order valence-corrected chi connectivity index (χ1v) is 6.10. The van der Waals surface area contributed by atoms with Crippen LogP contribution in [-0.4, -0.2) is 0 Å². The smallest absolute Gasteiger partial charge is 0.147 e. The van der Waals surface area contributed by atoms with Crippen LogP contribution in [0.5, 0.6) is 11.5 Å². The molecule has 0 saturated heterocycles. The number of para-hydroxylation sites is 1. The third-order valence-electron chi connectivity index (χ3n) is 1.97. The van der Waals surface area contributed by atoms with Crippen molar-refractivity contribution < 1.29 is 4.74 Å². The second-order valence-electron chi connectivity index (χ2n) is 3.09. The molecule has 0 spiro atoms. The van der Waals surface area contributed by atoms with E-state index in [0.29, 0.717) is 15.8 Å². The lowest BCUT2D eigenvalue weighted by Gasteiger charge is -2.09. The van der Waals surface area contributed by atoms with Crippen molar-refractivity contribution in [3.05, 3.63) is 57.0 Å². The molecule has 1 nitrogen and oxygen atoms in total. The summed E-state index contributed by atoms with van der Waals surface area (Å²) in [6, 6.07) is 13.0. The van der Waals surface area contributed by atoms with Crippen molar-refractivity contribution in [3.8, 4) is 11.5 Å². The summed E-state index contributed by atoms with van der Waals surface area (Å²) >= 11 is 15.3. The standard InChI is InChI=1S/C12H7BrCl2O/c13-9-6-7-10(12(15)11(9)14)16-8-4-2-1-3-5-8/h1-7H. The lowest BCUT2D eigenvalue weighted by atomic mass is 10.3. The van der Waals surface area contributed by atoms with Crippen molar-refractivity contribution in [1.82, 2.24) is 0 Å². The fourth-order valence-corrected chi connectivity index (χ4v) is 2.01. The Morgan fingerprint density at radius 3 is 2.25 bits per heavy atom. The Morgan fingerprint density at radius 2 is 1.56 bits per heavy atom. The van der Waals surface area contributed by atoms with Crippen LogP contribution in [0.2, 0.25) is 10.0 Å². The Kier molecular flexibility index (Phi) is 3.74. The molecule has 0 N–H and O–H groups in total. The predicted octanol–water partition coefficient (Wildman–Crippen LogP) is 5.55. The normalized spacial score (nSPS) is 10.2. The zero-order valence-electron chi connectivity index (χ0n) is 8.08. The van der Waals surface area contributed by atoms with Crippen molar-refractivity contribution in [2.75, 3.05) is 0 Å². The molecule has 82 valence electrons. The summed E-state index contributed by atoms with van der Waals surface area (Å²) in [5, 5.41) is 0.856. The van der Waals surface area contributed by atoms with Gasteiger partial charge < -0.3 is 4.74 Å². The molecule has 0 saturated carbocycles. The van der Waals surface area contributed by atoms with E-state index in [4.69, 9.17) is 27.9 Å². The van der Waals surface area contributed by atoms with Crippen LogP contribution in [0.4, 0.5) is 0 Å². The highest BCUT2D eigenvalue weighted by Gasteiger charge is 2.09. The predicted molar refractivity (Wildman–Crippen MR) is 70.7 cm³/mol. The molecule has 0 amide bonds. The van der Waals surface area contributed by atoms with E-state index in [-0.39, 0.29) is 0 Å². The molecule has 0 radical (unpaired) electrons. The molecule has 0 fully saturated rings. The topological polar surface area (TPSA) is 9.23 Å². The van der Waals surface area contributed by atoms with Crippen molar-refractivity contribution in [1.29, 1.82) is 0 Å². The molecular weight excluding hydrogens is 311 g/mol. The number of hydrogen-bond acceptors (Lipinski definition) is 1. The summed E-state index contributed by atoms with van der Waals surface area (Å²) in [5.74, 6) is 1.27. The Hall–Kier alpha value is -0.700. The van der Waals surface area contributed by atoms with Gasteiger partial charge in [-0.3, -0.25) is 0 Å². The Bertz CT molecular complexity index is 500. The van der Waals surface area contributed by atoms with Gasteiger partial charge >= 0.3 is 0 Å². The highest BCUT2D eigenvalue weighted by molar-refractivity contribution is 9.10. The molecule has 0 heterocycles. The summed E-state index contributed by atoms with van der Waals surface area (Å²) in [4.78, 5) is 0. The van der Waals surface area contributed by atoms with E-state index in [1.807, 2.05) is 30.3 Å². The van der Waals surface area contributed by atoms with E-state index in [1.54, 1.807) is 12.1 Å². The van der Waals surface area contributed by atoms with Crippen molar-refractivity contribution in [2.45, 2.75) is 0 Å². The third kappa shape index (κ3) is 2.51. The maximum atomic E-state index is 6.06. The first-order valence-electron chi connectivity index (χ1n) is 4.55. The zero-order valence-corrected chi connectivity index (χ0v) is 11.2. The van der Waals surface area contributed by atoms with Gasteiger partial charge in [-0.1, -0.05) is 41.4 Å². The molecule has 0 aliphatic carbocycles. The van der Waals surface area contributed by atoms with Crippen molar-refractivity contribution in [2.24, 2.45) is 0 Å². The first kappa shape index (κ1) is 11.8. The van der Waals surface area contributed by atoms with Crippen LogP contribution in [0.25, 0.3) is 0 Å². The molecular formula is C12H7BrCl2O. The first-order chi connectivity index (χ1) is 7.68. The minimum atomic E-state index is 0.403. The third-order valence-corrected chi connectivity index (χ3v) is 3.72. The van der Waals surface area contributed by atoms with E-state index in [2.05, 4.69) is 15.9 Å². The number of ether oxygens (including phenoxy) is 1. The van der Waals surface area contributed by atoms with Gasteiger partial charge in [0.2, 0.25) is 0 Å².